The lowest BCUT2D eigenvalue weighted by Crippen LogP contribution is -2.46. The Hall–Kier alpha value is -4.36. The van der Waals surface area contributed by atoms with Crippen LogP contribution >= 0.6 is 22.7 Å². The summed E-state index contributed by atoms with van der Waals surface area (Å²) in [6.45, 7) is 13.8. The van der Waals surface area contributed by atoms with E-state index in [-0.39, 0.29) is 29.5 Å². The second kappa shape index (κ2) is 15.7. The second-order valence-electron chi connectivity index (χ2n) is 12.7. The Morgan fingerprint density at radius 3 is 2.23 bits per heavy atom. The van der Waals surface area contributed by atoms with Gasteiger partial charge in [-0.25, -0.2) is 5.43 Å². The fourth-order valence-electron chi connectivity index (χ4n) is 5.17. The number of benzene rings is 2. The summed E-state index contributed by atoms with van der Waals surface area (Å²) in [5, 5.41) is 26.1. The molecule has 252 valence electrons. The van der Waals surface area contributed by atoms with Gasteiger partial charge in [0.1, 0.15) is 5.75 Å². The Balaban J connectivity index is 1.09. The number of hydrogen-bond donors (Lipinski definition) is 5. The van der Waals surface area contributed by atoms with E-state index in [0.717, 1.165) is 60.1 Å². The van der Waals surface area contributed by atoms with Crippen LogP contribution in [0.4, 0.5) is 0 Å². The summed E-state index contributed by atoms with van der Waals surface area (Å²) >= 11 is 2.48. The molecule has 0 spiro atoms. The van der Waals surface area contributed by atoms with Crippen LogP contribution in [0.15, 0.2) is 71.1 Å². The Labute approximate surface area is 289 Å². The topological polar surface area (TPSA) is 135 Å². The van der Waals surface area contributed by atoms with E-state index in [1.807, 2.05) is 29.6 Å². The maximum absolute atomic E-state index is 12.8. The molecule has 3 amide bonds. The van der Waals surface area contributed by atoms with Crippen molar-refractivity contribution in [2.24, 2.45) is 5.10 Å². The van der Waals surface area contributed by atoms with Crippen LogP contribution in [0.5, 0.6) is 5.75 Å². The van der Waals surface area contributed by atoms with Gasteiger partial charge >= 0.3 is 0 Å². The summed E-state index contributed by atoms with van der Waals surface area (Å²) in [6, 6.07) is 18.5. The molecular weight excluding hydrogens is 645 g/mol. The van der Waals surface area contributed by atoms with Crippen LogP contribution in [-0.4, -0.2) is 72.7 Å². The normalized spacial score (nSPS) is 14.0. The number of hydrogen-bond acceptors (Lipinski definition) is 9. The van der Waals surface area contributed by atoms with Gasteiger partial charge in [0.2, 0.25) is 0 Å². The number of carbonyl (C=O) groups is 3. The number of piperazine rings is 1. The molecule has 2 aromatic carbocycles. The Bertz CT molecular complexity index is 1760. The standard InChI is InChI=1S/C36H42N6O4S2/c1-23(28-22-47-32(31(28)43)25-9-11-27(12-10-25)36(2,3)4)40-41-35(46)30-14-13-29(48-30)34(45)39-21-24-5-7-26(8-6-24)33(44)38-17-20-42-18-15-37-16-19-42/h5-14,22,37,43H,15-21H2,1-4H3,(H,38,44)(H,39,45)(H,41,46)/b40-23+. The lowest BCUT2D eigenvalue weighted by Gasteiger charge is -2.27. The molecule has 10 nitrogen and oxygen atoms in total. The monoisotopic (exact) mass is 686 g/mol. The van der Waals surface area contributed by atoms with Crippen LogP contribution in [0.3, 0.4) is 0 Å². The molecule has 2 aromatic heterocycles. The third-order valence-electron chi connectivity index (χ3n) is 8.14. The zero-order valence-electron chi connectivity index (χ0n) is 27.7. The van der Waals surface area contributed by atoms with E-state index in [4.69, 9.17) is 0 Å². The molecule has 0 bridgehead atoms. The molecule has 5 N–H and O–H groups in total. The van der Waals surface area contributed by atoms with Crippen LogP contribution in [0.1, 0.15) is 74.1 Å². The van der Waals surface area contributed by atoms with Gasteiger partial charge in [0.05, 0.1) is 25.9 Å². The van der Waals surface area contributed by atoms with Crippen molar-refractivity contribution in [2.75, 3.05) is 39.3 Å². The molecule has 4 aromatic rings. The highest BCUT2D eigenvalue weighted by Gasteiger charge is 2.19. The van der Waals surface area contributed by atoms with Gasteiger partial charge < -0.3 is 21.1 Å². The van der Waals surface area contributed by atoms with E-state index in [1.54, 1.807) is 31.2 Å². The molecule has 0 saturated carbocycles. The average Bonchev–Trinajstić information content (AvgIpc) is 3.74. The maximum atomic E-state index is 12.8. The Morgan fingerprint density at radius 2 is 1.56 bits per heavy atom. The fraction of sp³-hybridized carbons (Fsp3) is 0.333. The SMILES string of the molecule is C/C(=N\NC(=O)c1ccc(C(=O)NCc2ccc(C(=O)NCCN3CCNCC3)cc2)s1)c1csc(-c2ccc(C(C)(C)C)cc2)c1O. The number of carbonyl (C=O) groups excluding carboxylic acids is 3. The second-order valence-corrected chi connectivity index (χ2v) is 14.6. The molecule has 1 aliphatic rings. The molecule has 1 aliphatic heterocycles. The molecule has 3 heterocycles. The summed E-state index contributed by atoms with van der Waals surface area (Å²) in [4.78, 5) is 41.9. The van der Waals surface area contributed by atoms with Gasteiger partial charge in [-0.15, -0.1) is 22.7 Å². The number of aromatic hydroxyl groups is 1. The third kappa shape index (κ3) is 8.95. The molecule has 0 radical (unpaired) electrons. The first kappa shape index (κ1) is 35.0. The predicted molar refractivity (Wildman–Crippen MR) is 193 cm³/mol. The summed E-state index contributed by atoms with van der Waals surface area (Å²) in [6.07, 6.45) is 0. The van der Waals surface area contributed by atoms with E-state index >= 15 is 0 Å². The number of nitrogens with zero attached hydrogens (tertiary/aromatic N) is 2. The van der Waals surface area contributed by atoms with Crippen molar-refractivity contribution >= 4 is 46.1 Å². The molecule has 0 aliphatic carbocycles. The zero-order chi connectivity index (χ0) is 34.3. The minimum atomic E-state index is -0.451. The maximum Gasteiger partial charge on any atom is 0.281 e. The first-order valence-corrected chi connectivity index (χ1v) is 17.6. The molecule has 0 atom stereocenters. The van der Waals surface area contributed by atoms with E-state index in [1.165, 1.54) is 16.9 Å². The molecule has 0 unspecified atom stereocenters. The minimum absolute atomic E-state index is 0.0368. The van der Waals surface area contributed by atoms with Crippen molar-refractivity contribution in [3.8, 4) is 16.2 Å². The Kier molecular flexibility index (Phi) is 11.4. The van der Waals surface area contributed by atoms with Crippen molar-refractivity contribution in [1.29, 1.82) is 0 Å². The highest BCUT2D eigenvalue weighted by molar-refractivity contribution is 7.16. The highest BCUT2D eigenvalue weighted by atomic mass is 32.1. The van der Waals surface area contributed by atoms with Crippen LogP contribution < -0.4 is 21.4 Å². The van der Waals surface area contributed by atoms with Crippen LogP contribution in [0.2, 0.25) is 0 Å². The van der Waals surface area contributed by atoms with Crippen LogP contribution in [-0.2, 0) is 12.0 Å². The number of amides is 3. The van der Waals surface area contributed by atoms with Gasteiger partial charge in [0.15, 0.2) is 0 Å². The van der Waals surface area contributed by atoms with E-state index in [2.05, 4.69) is 64.3 Å². The summed E-state index contributed by atoms with van der Waals surface area (Å²) in [7, 11) is 0. The van der Waals surface area contributed by atoms with Gasteiger partial charge in [0.25, 0.3) is 17.7 Å². The van der Waals surface area contributed by atoms with Gasteiger partial charge in [0, 0.05) is 56.8 Å². The van der Waals surface area contributed by atoms with Crippen LogP contribution in [0, 0.1) is 0 Å². The molecular formula is C36H42N6O4S2. The van der Waals surface area contributed by atoms with Crippen molar-refractivity contribution in [3.05, 3.63) is 98.1 Å². The lowest BCUT2D eigenvalue weighted by atomic mass is 9.86. The number of nitrogens with one attached hydrogen (secondary N) is 4. The van der Waals surface area contributed by atoms with Crippen molar-refractivity contribution in [3.63, 3.8) is 0 Å². The van der Waals surface area contributed by atoms with E-state index in [0.29, 0.717) is 33.1 Å². The molecule has 1 saturated heterocycles. The number of rotatable bonds is 11. The van der Waals surface area contributed by atoms with Crippen molar-refractivity contribution in [2.45, 2.75) is 39.7 Å². The number of hydrazone groups is 1. The van der Waals surface area contributed by atoms with Gasteiger partial charge in [-0.1, -0.05) is 57.2 Å². The quantitative estimate of drug-likeness (QED) is 0.109. The smallest absolute Gasteiger partial charge is 0.281 e. The summed E-state index contributed by atoms with van der Waals surface area (Å²) in [5.74, 6) is -0.760. The summed E-state index contributed by atoms with van der Waals surface area (Å²) in [5.41, 5.74) is 7.11. The molecule has 48 heavy (non-hydrogen) atoms. The van der Waals surface area contributed by atoms with Gasteiger partial charge in [-0.2, -0.15) is 5.10 Å². The molecule has 5 rings (SSSR count). The van der Waals surface area contributed by atoms with Crippen molar-refractivity contribution in [1.82, 2.24) is 26.3 Å². The third-order valence-corrected chi connectivity index (χ3v) is 10.2. The van der Waals surface area contributed by atoms with Gasteiger partial charge in [-0.05, 0) is 53.3 Å². The minimum Gasteiger partial charge on any atom is -0.506 e. The first-order valence-electron chi connectivity index (χ1n) is 15.9. The largest absolute Gasteiger partial charge is 0.506 e. The molecule has 12 heteroatoms. The highest BCUT2D eigenvalue weighted by Crippen LogP contribution is 2.39. The van der Waals surface area contributed by atoms with E-state index in [9.17, 15) is 19.5 Å². The summed E-state index contributed by atoms with van der Waals surface area (Å²) < 4.78 is 0. The zero-order valence-corrected chi connectivity index (χ0v) is 29.3. The van der Waals surface area contributed by atoms with Gasteiger partial charge in [-0.3, -0.25) is 19.3 Å². The number of thiophene rings is 2. The first-order chi connectivity index (χ1) is 23.0. The lowest BCUT2D eigenvalue weighted by molar-refractivity contribution is 0.0940. The average molecular weight is 687 g/mol. The fourth-order valence-corrected chi connectivity index (χ4v) is 7.00. The van der Waals surface area contributed by atoms with E-state index < -0.39 is 5.91 Å². The predicted octanol–water partition coefficient (Wildman–Crippen LogP) is 5.20. The van der Waals surface area contributed by atoms with Crippen molar-refractivity contribution < 1.29 is 19.5 Å². The molecule has 1 fully saturated rings. The van der Waals surface area contributed by atoms with Crippen LogP contribution in [0.25, 0.3) is 10.4 Å². The Morgan fingerprint density at radius 1 is 0.896 bits per heavy atom.